The maximum atomic E-state index is 12.3. The molecule has 0 aliphatic heterocycles. The second-order valence-electron chi connectivity index (χ2n) is 2.74. The van der Waals surface area contributed by atoms with Crippen molar-refractivity contribution < 1.29 is 31.9 Å². The van der Waals surface area contributed by atoms with Gasteiger partial charge >= 0.3 is 6.18 Å². The van der Waals surface area contributed by atoms with Crippen molar-refractivity contribution in [2.45, 2.75) is 12.6 Å². The fourth-order valence-electron chi connectivity index (χ4n) is 1.01. The second kappa shape index (κ2) is 4.03. The Morgan fingerprint density at radius 3 is 2.31 bits per heavy atom. The average Bonchev–Trinajstić information content (AvgIpc) is 2.15. The molecule has 0 atom stereocenters. The van der Waals surface area contributed by atoms with Crippen LogP contribution < -0.4 is 0 Å². The summed E-state index contributed by atoms with van der Waals surface area (Å²) in [6, 6.07) is 0.0538. The standard InChI is InChI=1S/C8H4F5NO2/c9-7(10)6-3(8(11,12)13)1-5(16)4(2-15)14-6/h1-2,7,16H. The molecule has 3 nitrogen and oxygen atoms in total. The van der Waals surface area contributed by atoms with E-state index in [1.165, 1.54) is 0 Å². The maximum Gasteiger partial charge on any atom is 0.418 e. The normalized spacial score (nSPS) is 11.9. The van der Waals surface area contributed by atoms with Gasteiger partial charge in [-0.15, -0.1) is 0 Å². The first-order chi connectivity index (χ1) is 7.27. The third-order valence-electron chi connectivity index (χ3n) is 1.68. The van der Waals surface area contributed by atoms with Gasteiger partial charge in [-0.1, -0.05) is 0 Å². The molecule has 0 unspecified atom stereocenters. The number of rotatable bonds is 2. The first kappa shape index (κ1) is 12.3. The lowest BCUT2D eigenvalue weighted by molar-refractivity contribution is -0.140. The third-order valence-corrected chi connectivity index (χ3v) is 1.68. The molecule has 88 valence electrons. The van der Waals surface area contributed by atoms with E-state index in [4.69, 9.17) is 5.11 Å². The molecule has 1 heterocycles. The molecule has 16 heavy (non-hydrogen) atoms. The van der Waals surface area contributed by atoms with Crippen LogP contribution in [0.5, 0.6) is 5.75 Å². The van der Waals surface area contributed by atoms with Crippen molar-refractivity contribution in [1.82, 2.24) is 4.98 Å². The van der Waals surface area contributed by atoms with Crippen LogP contribution in [0.1, 0.15) is 28.2 Å². The van der Waals surface area contributed by atoms with Gasteiger partial charge in [0.25, 0.3) is 6.43 Å². The van der Waals surface area contributed by atoms with Crippen LogP contribution in [0, 0.1) is 0 Å². The summed E-state index contributed by atoms with van der Waals surface area (Å²) in [5.41, 5.74) is -4.19. The molecular formula is C8H4F5NO2. The Morgan fingerprint density at radius 1 is 1.38 bits per heavy atom. The predicted molar refractivity (Wildman–Crippen MR) is 41.2 cm³/mol. The molecule has 0 radical (unpaired) electrons. The first-order valence-corrected chi connectivity index (χ1v) is 3.81. The summed E-state index contributed by atoms with van der Waals surface area (Å²) in [6.45, 7) is 0. The highest BCUT2D eigenvalue weighted by Crippen LogP contribution is 2.37. The molecule has 1 aromatic heterocycles. The minimum absolute atomic E-state index is 0.0538. The van der Waals surface area contributed by atoms with E-state index in [0.29, 0.717) is 0 Å². The highest BCUT2D eigenvalue weighted by Gasteiger charge is 2.37. The number of hydrogen-bond donors (Lipinski definition) is 1. The third kappa shape index (κ3) is 2.26. The Morgan fingerprint density at radius 2 is 1.94 bits per heavy atom. The molecule has 0 bridgehead atoms. The Hall–Kier alpha value is -1.73. The number of hydrogen-bond acceptors (Lipinski definition) is 3. The minimum atomic E-state index is -5.07. The van der Waals surface area contributed by atoms with Gasteiger partial charge in [0.15, 0.2) is 6.29 Å². The van der Waals surface area contributed by atoms with E-state index in [1.807, 2.05) is 0 Å². The molecule has 1 rings (SSSR count). The van der Waals surface area contributed by atoms with Crippen molar-refractivity contribution in [3.05, 3.63) is 23.0 Å². The van der Waals surface area contributed by atoms with Gasteiger partial charge < -0.3 is 5.11 Å². The van der Waals surface area contributed by atoms with E-state index in [2.05, 4.69) is 4.98 Å². The monoisotopic (exact) mass is 241 g/mol. The van der Waals surface area contributed by atoms with Crippen LogP contribution >= 0.6 is 0 Å². The van der Waals surface area contributed by atoms with Gasteiger partial charge in [-0.2, -0.15) is 13.2 Å². The molecule has 8 heteroatoms. The van der Waals surface area contributed by atoms with Crippen molar-refractivity contribution in [3.8, 4) is 5.75 Å². The van der Waals surface area contributed by atoms with Crippen molar-refractivity contribution in [2.24, 2.45) is 0 Å². The van der Waals surface area contributed by atoms with Crippen LogP contribution in [0.15, 0.2) is 6.07 Å². The molecule has 0 amide bonds. The topological polar surface area (TPSA) is 50.2 Å². The minimum Gasteiger partial charge on any atom is -0.506 e. The summed E-state index contributed by atoms with van der Waals surface area (Å²) in [7, 11) is 0. The van der Waals surface area contributed by atoms with Crippen molar-refractivity contribution in [2.75, 3.05) is 0 Å². The average molecular weight is 241 g/mol. The molecule has 0 fully saturated rings. The van der Waals surface area contributed by atoms with Crippen LogP contribution in [-0.4, -0.2) is 16.4 Å². The molecule has 0 aliphatic rings. The van der Waals surface area contributed by atoms with Crippen LogP contribution in [0.4, 0.5) is 22.0 Å². The number of halogens is 5. The van der Waals surface area contributed by atoms with Gasteiger partial charge in [0.2, 0.25) is 0 Å². The Balaban J connectivity index is 3.48. The number of nitrogens with zero attached hydrogens (tertiary/aromatic N) is 1. The SMILES string of the molecule is O=Cc1nc(C(F)F)c(C(F)(F)F)cc1O. The summed E-state index contributed by atoms with van der Waals surface area (Å²) in [5, 5.41) is 8.92. The number of pyridine rings is 1. The first-order valence-electron chi connectivity index (χ1n) is 3.81. The zero-order valence-corrected chi connectivity index (χ0v) is 7.42. The molecule has 0 aliphatic carbocycles. The molecule has 0 saturated heterocycles. The van der Waals surface area contributed by atoms with Gasteiger partial charge in [-0.05, 0) is 6.07 Å². The summed E-state index contributed by atoms with van der Waals surface area (Å²) in [6.07, 6.45) is -8.67. The van der Waals surface area contributed by atoms with Crippen molar-refractivity contribution in [3.63, 3.8) is 0 Å². The summed E-state index contributed by atoms with van der Waals surface area (Å²) in [5.74, 6) is -1.09. The lowest BCUT2D eigenvalue weighted by Gasteiger charge is -2.12. The van der Waals surface area contributed by atoms with Crippen LogP contribution in [0.2, 0.25) is 0 Å². The zero-order chi connectivity index (χ0) is 12.5. The van der Waals surface area contributed by atoms with Crippen LogP contribution in [0.25, 0.3) is 0 Å². The molecule has 0 spiro atoms. The van der Waals surface area contributed by atoms with Gasteiger partial charge in [0.05, 0.1) is 5.56 Å². The number of carbonyl (C=O) groups is 1. The quantitative estimate of drug-likeness (QED) is 0.639. The number of alkyl halides is 5. The smallest absolute Gasteiger partial charge is 0.418 e. The highest BCUT2D eigenvalue weighted by molar-refractivity contribution is 5.76. The Bertz CT molecular complexity index is 416. The fraction of sp³-hybridized carbons (Fsp3) is 0.250. The number of carbonyl (C=O) groups excluding carboxylic acids is 1. The van der Waals surface area contributed by atoms with E-state index >= 15 is 0 Å². The fourth-order valence-corrected chi connectivity index (χ4v) is 1.01. The summed E-state index contributed by atoms with van der Waals surface area (Å²) in [4.78, 5) is 13.0. The summed E-state index contributed by atoms with van der Waals surface area (Å²) >= 11 is 0. The molecular weight excluding hydrogens is 237 g/mol. The molecule has 0 aromatic carbocycles. The lowest BCUT2D eigenvalue weighted by atomic mass is 10.1. The van der Waals surface area contributed by atoms with Crippen LogP contribution in [0.3, 0.4) is 0 Å². The largest absolute Gasteiger partial charge is 0.506 e. The number of aldehydes is 1. The van der Waals surface area contributed by atoms with E-state index < -0.39 is 35.3 Å². The molecule has 1 N–H and O–H groups in total. The maximum absolute atomic E-state index is 12.3. The van der Waals surface area contributed by atoms with E-state index in [1.54, 1.807) is 0 Å². The van der Waals surface area contributed by atoms with Gasteiger partial charge in [0.1, 0.15) is 17.1 Å². The van der Waals surface area contributed by atoms with Crippen molar-refractivity contribution >= 4 is 6.29 Å². The van der Waals surface area contributed by atoms with E-state index in [0.717, 1.165) is 0 Å². The Labute approximate surface area is 85.5 Å². The van der Waals surface area contributed by atoms with Crippen LogP contribution in [-0.2, 0) is 6.18 Å². The summed E-state index contributed by atoms with van der Waals surface area (Å²) < 4.78 is 61.2. The van der Waals surface area contributed by atoms with Crippen molar-refractivity contribution in [1.29, 1.82) is 0 Å². The predicted octanol–water partition coefficient (Wildman–Crippen LogP) is 2.56. The second-order valence-corrected chi connectivity index (χ2v) is 2.74. The number of aromatic nitrogens is 1. The molecule has 1 aromatic rings. The van der Waals surface area contributed by atoms with Gasteiger partial charge in [0, 0.05) is 0 Å². The van der Waals surface area contributed by atoms with E-state index in [-0.39, 0.29) is 12.4 Å². The Kier molecular flexibility index (Phi) is 3.11. The van der Waals surface area contributed by atoms with E-state index in [9.17, 15) is 26.7 Å². The van der Waals surface area contributed by atoms with Gasteiger partial charge in [-0.3, -0.25) is 4.79 Å². The highest BCUT2D eigenvalue weighted by atomic mass is 19.4. The zero-order valence-electron chi connectivity index (χ0n) is 7.42. The lowest BCUT2D eigenvalue weighted by Crippen LogP contribution is -2.12. The molecule has 0 saturated carbocycles. The number of aromatic hydroxyl groups is 1. The van der Waals surface area contributed by atoms with Gasteiger partial charge in [-0.25, -0.2) is 13.8 Å².